The Morgan fingerprint density at radius 2 is 1.73 bits per heavy atom. The van der Waals surface area contributed by atoms with Crippen molar-refractivity contribution in [2.45, 2.75) is 0 Å². The Labute approximate surface area is 177 Å². The molecule has 2 heterocycles. The van der Waals surface area contributed by atoms with E-state index in [1.165, 1.54) is 28.9 Å². The zero-order valence-corrected chi connectivity index (χ0v) is 17.7. The van der Waals surface area contributed by atoms with Gasteiger partial charge in [-0.1, -0.05) is 24.3 Å². The van der Waals surface area contributed by atoms with E-state index in [-0.39, 0.29) is 11.6 Å². The van der Waals surface area contributed by atoms with Gasteiger partial charge in [0.25, 0.3) is 5.91 Å². The van der Waals surface area contributed by atoms with Gasteiger partial charge in [0, 0.05) is 18.0 Å². The van der Waals surface area contributed by atoms with Crippen LogP contribution in [0.2, 0.25) is 0 Å². The Morgan fingerprint density at radius 1 is 1.03 bits per heavy atom. The minimum Gasteiger partial charge on any atom is -0.296 e. The first-order valence-electron chi connectivity index (χ1n) is 8.84. The molecule has 0 unspecified atom stereocenters. The van der Waals surface area contributed by atoms with Gasteiger partial charge in [-0.2, -0.15) is 0 Å². The highest BCUT2D eigenvalue weighted by atomic mass is 32.2. The van der Waals surface area contributed by atoms with Crippen LogP contribution in [0.1, 0.15) is 10.5 Å². The molecule has 4 aromatic rings. The third-order valence-electron chi connectivity index (χ3n) is 4.43. The normalized spacial score (nSPS) is 11.4. The van der Waals surface area contributed by atoms with Crippen LogP contribution in [0, 0.1) is 0 Å². The summed E-state index contributed by atoms with van der Waals surface area (Å²) in [6, 6.07) is 14.3. The number of carbonyl (C=O) groups is 1. The molecule has 30 heavy (non-hydrogen) atoms. The largest absolute Gasteiger partial charge is 0.296 e. The Morgan fingerprint density at radius 3 is 2.43 bits per heavy atom. The molecule has 152 valence electrons. The van der Waals surface area contributed by atoms with E-state index in [2.05, 4.69) is 20.3 Å². The molecule has 0 spiro atoms. The molecule has 2 aromatic heterocycles. The number of aromatic nitrogens is 3. The number of nitrogens with zero attached hydrogens (tertiary/aromatic N) is 4. The van der Waals surface area contributed by atoms with Crippen LogP contribution in [0.3, 0.4) is 0 Å². The fourth-order valence-electron chi connectivity index (χ4n) is 2.73. The van der Waals surface area contributed by atoms with Crippen molar-refractivity contribution in [1.29, 1.82) is 0 Å². The standard InChI is InChI=1S/C20H17N5O3S2/c1-25(30(2,27)28)14-9-7-13(8-10-14)18-12-29-20(23-18)24-19(26)17-11-21-15-5-3-4-6-16(15)22-17/h3-12H,1-2H3,(H,23,24,26). The van der Waals surface area contributed by atoms with Gasteiger partial charge in [-0.15, -0.1) is 11.3 Å². The average molecular weight is 440 g/mol. The van der Waals surface area contributed by atoms with Crippen molar-refractivity contribution in [2.24, 2.45) is 0 Å². The first-order valence-corrected chi connectivity index (χ1v) is 11.6. The molecule has 0 fully saturated rings. The Bertz CT molecular complexity index is 1330. The SMILES string of the molecule is CN(c1ccc(-c2csc(NC(=O)c3cnc4ccccc4n3)n2)cc1)S(C)(=O)=O. The van der Waals surface area contributed by atoms with E-state index in [0.29, 0.717) is 22.0 Å². The number of hydrogen-bond acceptors (Lipinski definition) is 7. The number of hydrogen-bond donors (Lipinski definition) is 1. The zero-order chi connectivity index (χ0) is 21.3. The summed E-state index contributed by atoms with van der Waals surface area (Å²) in [6.07, 6.45) is 2.58. The maximum absolute atomic E-state index is 12.5. The molecule has 10 heteroatoms. The number of amides is 1. The van der Waals surface area contributed by atoms with E-state index in [0.717, 1.165) is 17.3 Å². The lowest BCUT2D eigenvalue weighted by atomic mass is 10.1. The third kappa shape index (κ3) is 4.14. The second-order valence-electron chi connectivity index (χ2n) is 6.51. The zero-order valence-electron chi connectivity index (χ0n) is 16.1. The van der Waals surface area contributed by atoms with E-state index >= 15 is 0 Å². The van der Waals surface area contributed by atoms with Crippen molar-refractivity contribution in [3.63, 3.8) is 0 Å². The molecular weight excluding hydrogens is 422 g/mol. The molecule has 0 saturated carbocycles. The monoisotopic (exact) mass is 439 g/mol. The van der Waals surface area contributed by atoms with Gasteiger partial charge in [-0.05, 0) is 24.3 Å². The molecule has 1 amide bonds. The van der Waals surface area contributed by atoms with Crippen LogP contribution in [-0.4, -0.2) is 42.6 Å². The topological polar surface area (TPSA) is 105 Å². The molecule has 0 aliphatic rings. The summed E-state index contributed by atoms with van der Waals surface area (Å²) in [4.78, 5) is 25.5. The number of fused-ring (bicyclic) bond motifs is 1. The first kappa shape index (κ1) is 19.9. The van der Waals surface area contributed by atoms with Gasteiger partial charge in [0.15, 0.2) is 5.13 Å². The van der Waals surface area contributed by atoms with E-state index in [4.69, 9.17) is 0 Å². The van der Waals surface area contributed by atoms with Gasteiger partial charge in [0.05, 0.1) is 34.9 Å². The predicted molar refractivity (Wildman–Crippen MR) is 118 cm³/mol. The van der Waals surface area contributed by atoms with E-state index < -0.39 is 10.0 Å². The number of rotatable bonds is 5. The van der Waals surface area contributed by atoms with Gasteiger partial charge in [0.1, 0.15) is 5.69 Å². The maximum Gasteiger partial charge on any atom is 0.277 e. The molecule has 4 rings (SSSR count). The van der Waals surface area contributed by atoms with Gasteiger partial charge < -0.3 is 0 Å². The van der Waals surface area contributed by atoms with E-state index in [1.807, 2.05) is 23.6 Å². The number of thiazole rings is 1. The van der Waals surface area contributed by atoms with Crippen LogP contribution in [0.15, 0.2) is 60.1 Å². The molecule has 2 aromatic carbocycles. The summed E-state index contributed by atoms with van der Waals surface area (Å²) in [6.45, 7) is 0. The van der Waals surface area contributed by atoms with E-state index in [9.17, 15) is 13.2 Å². The molecule has 0 aliphatic heterocycles. The number of anilines is 2. The molecule has 8 nitrogen and oxygen atoms in total. The van der Waals surface area contributed by atoms with E-state index in [1.54, 1.807) is 30.3 Å². The van der Waals surface area contributed by atoms with Crippen LogP contribution in [0.25, 0.3) is 22.3 Å². The van der Waals surface area contributed by atoms with Crippen LogP contribution in [0.4, 0.5) is 10.8 Å². The van der Waals surface area contributed by atoms with Crippen LogP contribution >= 0.6 is 11.3 Å². The maximum atomic E-state index is 12.5. The van der Waals surface area contributed by atoms with Crippen molar-refractivity contribution in [2.75, 3.05) is 22.9 Å². The summed E-state index contributed by atoms with van der Waals surface area (Å²) < 4.78 is 24.5. The van der Waals surface area contributed by atoms with Crippen molar-refractivity contribution in [1.82, 2.24) is 15.0 Å². The Balaban J connectivity index is 1.50. The lowest BCUT2D eigenvalue weighted by Gasteiger charge is -2.16. The smallest absolute Gasteiger partial charge is 0.277 e. The van der Waals surface area contributed by atoms with Crippen LogP contribution in [0.5, 0.6) is 0 Å². The van der Waals surface area contributed by atoms with Crippen LogP contribution < -0.4 is 9.62 Å². The average Bonchev–Trinajstić information content (AvgIpc) is 3.20. The highest BCUT2D eigenvalue weighted by molar-refractivity contribution is 7.92. The summed E-state index contributed by atoms with van der Waals surface area (Å²) >= 11 is 1.29. The molecule has 0 bridgehead atoms. The molecular formula is C20H17N5O3S2. The summed E-state index contributed by atoms with van der Waals surface area (Å²) in [5.74, 6) is -0.390. The number of nitrogens with one attached hydrogen (secondary N) is 1. The fourth-order valence-corrected chi connectivity index (χ4v) is 3.94. The van der Waals surface area contributed by atoms with Crippen molar-refractivity contribution in [3.05, 3.63) is 65.8 Å². The quantitative estimate of drug-likeness (QED) is 0.511. The predicted octanol–water partition coefficient (Wildman–Crippen LogP) is 3.40. The van der Waals surface area contributed by atoms with Gasteiger partial charge in [-0.3, -0.25) is 19.4 Å². The second kappa shape index (κ2) is 7.81. The first-order chi connectivity index (χ1) is 14.3. The molecule has 0 atom stereocenters. The Kier molecular flexibility index (Phi) is 5.18. The van der Waals surface area contributed by atoms with Crippen LogP contribution in [-0.2, 0) is 10.0 Å². The number of benzene rings is 2. The second-order valence-corrected chi connectivity index (χ2v) is 9.39. The van der Waals surface area contributed by atoms with Crippen molar-refractivity contribution < 1.29 is 13.2 Å². The van der Waals surface area contributed by atoms with Gasteiger partial charge >= 0.3 is 0 Å². The number of carbonyl (C=O) groups excluding carboxylic acids is 1. The lowest BCUT2D eigenvalue weighted by Crippen LogP contribution is -2.24. The highest BCUT2D eigenvalue weighted by Crippen LogP contribution is 2.27. The minimum absolute atomic E-state index is 0.207. The number of sulfonamides is 1. The van der Waals surface area contributed by atoms with Gasteiger partial charge in [0.2, 0.25) is 10.0 Å². The fraction of sp³-hybridized carbons (Fsp3) is 0.100. The van der Waals surface area contributed by atoms with Gasteiger partial charge in [-0.25, -0.2) is 18.4 Å². The summed E-state index contributed by atoms with van der Waals surface area (Å²) in [5, 5.41) is 4.99. The lowest BCUT2D eigenvalue weighted by molar-refractivity contribution is 0.102. The molecule has 0 aliphatic carbocycles. The van der Waals surface area contributed by atoms with Crippen molar-refractivity contribution >= 4 is 49.1 Å². The molecule has 0 radical (unpaired) electrons. The minimum atomic E-state index is -3.32. The molecule has 0 saturated heterocycles. The highest BCUT2D eigenvalue weighted by Gasteiger charge is 2.14. The molecule has 1 N–H and O–H groups in total. The Hall–Kier alpha value is -3.37. The third-order valence-corrected chi connectivity index (χ3v) is 6.39. The summed E-state index contributed by atoms with van der Waals surface area (Å²) in [5.41, 5.74) is 3.61. The number of para-hydroxylation sites is 2. The summed E-state index contributed by atoms with van der Waals surface area (Å²) in [7, 11) is -1.83. The van der Waals surface area contributed by atoms with Crippen molar-refractivity contribution in [3.8, 4) is 11.3 Å².